The van der Waals surface area contributed by atoms with Crippen molar-refractivity contribution >= 4 is 11.7 Å². The van der Waals surface area contributed by atoms with Crippen LogP contribution < -0.4 is 0 Å². The average molecular weight is 185 g/mol. The van der Waals surface area contributed by atoms with E-state index in [1.165, 1.54) is 0 Å². The van der Waals surface area contributed by atoms with Crippen molar-refractivity contribution in [1.82, 2.24) is 0 Å². The van der Waals surface area contributed by atoms with E-state index in [1.807, 2.05) is 6.92 Å². The fraction of sp³-hybridized carbons (Fsp3) is 0.556. The van der Waals surface area contributed by atoms with Gasteiger partial charge in [0.25, 0.3) is 0 Å². The Kier molecular flexibility index (Phi) is 6.59. The summed E-state index contributed by atoms with van der Waals surface area (Å²) in [6.07, 6.45) is 2.05. The molecule has 0 aliphatic rings. The van der Waals surface area contributed by atoms with Crippen LogP contribution in [0.15, 0.2) is 17.8 Å². The Balaban J connectivity index is 4.05. The van der Waals surface area contributed by atoms with E-state index in [9.17, 15) is 4.79 Å². The van der Waals surface area contributed by atoms with E-state index in [0.29, 0.717) is 25.3 Å². The average Bonchev–Trinajstić information content (AvgIpc) is 2.13. The molecule has 0 aromatic carbocycles. The van der Waals surface area contributed by atoms with Crippen molar-refractivity contribution in [2.75, 3.05) is 13.2 Å². The Morgan fingerprint density at radius 3 is 2.69 bits per heavy atom. The molecule has 0 aromatic heterocycles. The summed E-state index contributed by atoms with van der Waals surface area (Å²) in [7, 11) is 0. The summed E-state index contributed by atoms with van der Waals surface area (Å²) in [5, 5.41) is 3.62. The molecule has 0 aromatic rings. The normalized spacial score (nSPS) is 10.8. The molecule has 0 rings (SSSR count). The van der Waals surface area contributed by atoms with E-state index < -0.39 is 5.97 Å². The molecule has 0 saturated heterocycles. The van der Waals surface area contributed by atoms with Gasteiger partial charge in [-0.3, -0.25) is 0 Å². The van der Waals surface area contributed by atoms with Crippen LogP contribution in [0.3, 0.4) is 0 Å². The van der Waals surface area contributed by atoms with Gasteiger partial charge in [0, 0.05) is 0 Å². The van der Waals surface area contributed by atoms with Gasteiger partial charge in [-0.05, 0) is 13.3 Å². The Hall–Kier alpha value is -1.32. The Labute approximate surface area is 78.2 Å². The van der Waals surface area contributed by atoms with E-state index >= 15 is 0 Å². The second kappa shape index (κ2) is 7.34. The standard InChI is InChI=1S/C9H15NO3/c1-4-7-13-10-8(5-2)9(11)12-6-3/h4H,1,5-7H2,2-3H3/b10-8-. The smallest absolute Gasteiger partial charge is 0.356 e. The lowest BCUT2D eigenvalue weighted by Crippen LogP contribution is -2.17. The van der Waals surface area contributed by atoms with Crippen LogP contribution in [0.4, 0.5) is 0 Å². The molecule has 0 fully saturated rings. The van der Waals surface area contributed by atoms with Gasteiger partial charge in [0.05, 0.1) is 6.61 Å². The highest BCUT2D eigenvalue weighted by Crippen LogP contribution is 1.92. The molecule has 0 amide bonds. The second-order valence-corrected chi connectivity index (χ2v) is 2.20. The number of nitrogens with zero attached hydrogens (tertiary/aromatic N) is 1. The summed E-state index contributed by atoms with van der Waals surface area (Å²) in [4.78, 5) is 15.9. The molecule has 4 heteroatoms. The first-order chi connectivity index (χ1) is 6.26. The lowest BCUT2D eigenvalue weighted by Gasteiger charge is -2.02. The maximum atomic E-state index is 11.1. The van der Waals surface area contributed by atoms with Gasteiger partial charge in [-0.1, -0.05) is 24.7 Å². The zero-order chi connectivity index (χ0) is 10.1. The first-order valence-electron chi connectivity index (χ1n) is 4.23. The van der Waals surface area contributed by atoms with E-state index in [2.05, 4.69) is 11.7 Å². The number of rotatable bonds is 6. The Morgan fingerprint density at radius 1 is 1.54 bits per heavy atom. The lowest BCUT2D eigenvalue weighted by molar-refractivity contribution is -0.135. The molecular weight excluding hydrogens is 170 g/mol. The molecule has 0 atom stereocenters. The molecule has 13 heavy (non-hydrogen) atoms. The number of ether oxygens (including phenoxy) is 1. The molecular formula is C9H15NO3. The van der Waals surface area contributed by atoms with E-state index in [-0.39, 0.29) is 0 Å². The highest BCUT2D eigenvalue weighted by atomic mass is 16.6. The van der Waals surface area contributed by atoms with Gasteiger partial charge in [-0.25, -0.2) is 4.79 Å². The third kappa shape index (κ3) is 5.00. The van der Waals surface area contributed by atoms with Gasteiger partial charge < -0.3 is 9.57 Å². The molecule has 0 unspecified atom stereocenters. The molecule has 4 nitrogen and oxygen atoms in total. The lowest BCUT2D eigenvalue weighted by atomic mass is 10.3. The SMILES string of the molecule is C=CCO/N=C(/CC)C(=O)OCC. The zero-order valence-corrected chi connectivity index (χ0v) is 8.08. The predicted octanol–water partition coefficient (Wildman–Crippen LogP) is 1.52. The van der Waals surface area contributed by atoms with Crippen LogP contribution in [-0.4, -0.2) is 24.9 Å². The third-order valence-corrected chi connectivity index (χ3v) is 1.21. The topological polar surface area (TPSA) is 47.9 Å². The van der Waals surface area contributed by atoms with Crippen molar-refractivity contribution < 1.29 is 14.4 Å². The predicted molar refractivity (Wildman–Crippen MR) is 50.5 cm³/mol. The van der Waals surface area contributed by atoms with E-state index in [0.717, 1.165) is 0 Å². The highest BCUT2D eigenvalue weighted by molar-refractivity contribution is 6.36. The van der Waals surface area contributed by atoms with Crippen LogP contribution in [0.2, 0.25) is 0 Å². The summed E-state index contributed by atoms with van der Waals surface area (Å²) in [6, 6.07) is 0. The Bertz CT molecular complexity index is 199. The van der Waals surface area contributed by atoms with Gasteiger partial charge in [-0.15, -0.1) is 0 Å². The first kappa shape index (κ1) is 11.7. The summed E-state index contributed by atoms with van der Waals surface area (Å²) >= 11 is 0. The monoisotopic (exact) mass is 185 g/mol. The van der Waals surface area contributed by atoms with Crippen molar-refractivity contribution in [1.29, 1.82) is 0 Å². The fourth-order valence-electron chi connectivity index (χ4n) is 0.628. The van der Waals surface area contributed by atoms with Gasteiger partial charge in [0.15, 0.2) is 5.71 Å². The maximum Gasteiger partial charge on any atom is 0.356 e. The number of hydrogen-bond acceptors (Lipinski definition) is 4. The van der Waals surface area contributed by atoms with Crippen molar-refractivity contribution in [3.05, 3.63) is 12.7 Å². The van der Waals surface area contributed by atoms with Gasteiger partial charge in [-0.2, -0.15) is 0 Å². The van der Waals surface area contributed by atoms with Crippen molar-refractivity contribution in [3.8, 4) is 0 Å². The van der Waals surface area contributed by atoms with Gasteiger partial charge in [0.1, 0.15) is 6.61 Å². The van der Waals surface area contributed by atoms with Crippen LogP contribution in [0, 0.1) is 0 Å². The quantitative estimate of drug-likeness (QED) is 0.207. The number of hydrogen-bond donors (Lipinski definition) is 0. The molecule has 0 spiro atoms. The number of oxime groups is 1. The minimum absolute atomic E-state index is 0.295. The van der Waals surface area contributed by atoms with E-state index in [1.54, 1.807) is 13.0 Å². The summed E-state index contributed by atoms with van der Waals surface area (Å²) in [5.41, 5.74) is 0.295. The minimum atomic E-state index is -0.422. The molecule has 0 heterocycles. The maximum absolute atomic E-state index is 11.1. The van der Waals surface area contributed by atoms with Crippen molar-refractivity contribution in [3.63, 3.8) is 0 Å². The first-order valence-corrected chi connectivity index (χ1v) is 4.23. The van der Waals surface area contributed by atoms with Crippen LogP contribution in [0.5, 0.6) is 0 Å². The van der Waals surface area contributed by atoms with Crippen LogP contribution in [0.25, 0.3) is 0 Å². The molecule has 74 valence electrons. The zero-order valence-electron chi connectivity index (χ0n) is 8.08. The summed E-state index contributed by atoms with van der Waals surface area (Å²) in [6.45, 7) is 7.65. The molecule has 0 N–H and O–H groups in total. The second-order valence-electron chi connectivity index (χ2n) is 2.20. The molecule has 0 radical (unpaired) electrons. The molecule has 0 saturated carbocycles. The largest absolute Gasteiger partial charge is 0.461 e. The van der Waals surface area contributed by atoms with Gasteiger partial charge >= 0.3 is 5.97 Å². The van der Waals surface area contributed by atoms with Crippen molar-refractivity contribution in [2.24, 2.45) is 5.16 Å². The van der Waals surface area contributed by atoms with E-state index in [4.69, 9.17) is 9.57 Å². The minimum Gasteiger partial charge on any atom is -0.461 e. The van der Waals surface area contributed by atoms with Crippen molar-refractivity contribution in [2.45, 2.75) is 20.3 Å². The van der Waals surface area contributed by atoms with Crippen LogP contribution >= 0.6 is 0 Å². The summed E-state index contributed by atoms with van der Waals surface area (Å²) < 4.78 is 4.75. The highest BCUT2D eigenvalue weighted by Gasteiger charge is 2.10. The number of carbonyl (C=O) groups excluding carboxylic acids is 1. The molecule has 0 bridgehead atoms. The number of carbonyl (C=O) groups is 1. The Morgan fingerprint density at radius 2 is 2.23 bits per heavy atom. The molecule has 0 aliphatic carbocycles. The van der Waals surface area contributed by atoms with Crippen LogP contribution in [-0.2, 0) is 14.4 Å². The summed E-state index contributed by atoms with van der Waals surface area (Å²) in [5.74, 6) is -0.422. The number of esters is 1. The molecule has 0 aliphatic heterocycles. The van der Waals surface area contributed by atoms with Crippen LogP contribution in [0.1, 0.15) is 20.3 Å². The van der Waals surface area contributed by atoms with Gasteiger partial charge in [0.2, 0.25) is 0 Å². The fourth-order valence-corrected chi connectivity index (χ4v) is 0.628. The third-order valence-electron chi connectivity index (χ3n) is 1.21.